The highest BCUT2D eigenvalue weighted by Crippen LogP contribution is 2.30. The number of hydrogen-bond donors (Lipinski definition) is 0. The molecular weight excluding hydrogens is 267 g/mol. The number of piperazine rings is 1. The van der Waals surface area contributed by atoms with E-state index >= 15 is 0 Å². The molecule has 2 rings (SSSR count). The molecule has 20 heavy (non-hydrogen) atoms. The number of hydrogen-bond acceptors (Lipinski definition) is 3. The molecule has 1 aliphatic rings. The maximum Gasteiger partial charge on any atom is 0.416 e. The zero-order valence-corrected chi connectivity index (χ0v) is 11.8. The molecule has 0 saturated carbocycles. The van der Waals surface area contributed by atoms with Crippen LogP contribution in [0.2, 0.25) is 0 Å². The fourth-order valence-electron chi connectivity index (χ4n) is 2.42. The van der Waals surface area contributed by atoms with Gasteiger partial charge in [0.25, 0.3) is 0 Å². The van der Waals surface area contributed by atoms with E-state index in [4.69, 9.17) is 0 Å². The lowest BCUT2D eigenvalue weighted by molar-refractivity contribution is -0.137. The first-order chi connectivity index (χ1) is 9.41. The number of halogens is 3. The quantitative estimate of drug-likeness (QED) is 0.852. The summed E-state index contributed by atoms with van der Waals surface area (Å²) in [5, 5.41) is 0. The molecule has 112 valence electrons. The molecule has 1 saturated heterocycles. The van der Waals surface area contributed by atoms with E-state index in [0.717, 1.165) is 44.7 Å². The Morgan fingerprint density at radius 2 is 1.90 bits per heavy atom. The predicted molar refractivity (Wildman–Crippen MR) is 72.8 cm³/mol. The third-order valence-corrected chi connectivity index (χ3v) is 3.93. The summed E-state index contributed by atoms with van der Waals surface area (Å²) < 4.78 is 38.1. The van der Waals surface area contributed by atoms with Crippen molar-refractivity contribution < 1.29 is 13.2 Å². The maximum absolute atomic E-state index is 12.7. The Labute approximate surface area is 117 Å². The molecule has 1 aromatic heterocycles. The molecule has 3 nitrogen and oxygen atoms in total. The van der Waals surface area contributed by atoms with Gasteiger partial charge < -0.3 is 4.90 Å². The zero-order chi connectivity index (χ0) is 14.8. The first-order valence-corrected chi connectivity index (χ1v) is 6.94. The number of alkyl halides is 3. The normalized spacial score (nSPS) is 19.1. The number of aromatic nitrogens is 1. The van der Waals surface area contributed by atoms with Gasteiger partial charge in [0.1, 0.15) is 5.82 Å². The zero-order valence-electron chi connectivity index (χ0n) is 11.8. The van der Waals surface area contributed by atoms with Gasteiger partial charge in [-0.25, -0.2) is 4.98 Å². The molecule has 0 radical (unpaired) electrons. The van der Waals surface area contributed by atoms with Gasteiger partial charge in [-0.3, -0.25) is 4.90 Å². The van der Waals surface area contributed by atoms with E-state index in [1.807, 2.05) is 4.90 Å². The van der Waals surface area contributed by atoms with Gasteiger partial charge in [0.2, 0.25) is 0 Å². The van der Waals surface area contributed by atoms with E-state index in [1.54, 1.807) is 0 Å². The third-order valence-electron chi connectivity index (χ3n) is 3.93. The van der Waals surface area contributed by atoms with Crippen molar-refractivity contribution in [3.05, 3.63) is 23.9 Å². The summed E-state index contributed by atoms with van der Waals surface area (Å²) in [5.74, 6) is 0.420. The van der Waals surface area contributed by atoms with E-state index in [0.29, 0.717) is 11.9 Å². The molecule has 1 aliphatic heterocycles. The van der Waals surface area contributed by atoms with Crippen molar-refractivity contribution in [3.8, 4) is 0 Å². The second-order valence-electron chi connectivity index (χ2n) is 5.18. The highest BCUT2D eigenvalue weighted by atomic mass is 19.4. The van der Waals surface area contributed by atoms with Crippen LogP contribution in [0.15, 0.2) is 18.3 Å². The van der Waals surface area contributed by atoms with Gasteiger partial charge >= 0.3 is 6.18 Å². The standard InChI is InChI=1S/C14H20F3N3/c1-3-11(2)19-6-8-20(9-7-19)13-10-12(4-5-18-13)14(15,16)17/h4-5,10-11H,3,6-9H2,1-2H3. The van der Waals surface area contributed by atoms with E-state index in [-0.39, 0.29) is 0 Å². The van der Waals surface area contributed by atoms with Crippen LogP contribution in [-0.4, -0.2) is 42.1 Å². The minimum atomic E-state index is -4.31. The summed E-state index contributed by atoms with van der Waals surface area (Å²) in [5.41, 5.74) is -0.633. The molecule has 1 atom stereocenters. The Kier molecular flexibility index (Phi) is 4.52. The molecule has 1 unspecified atom stereocenters. The molecule has 2 heterocycles. The van der Waals surface area contributed by atoms with Gasteiger partial charge in [0.15, 0.2) is 0 Å². The fraction of sp³-hybridized carbons (Fsp3) is 0.643. The Morgan fingerprint density at radius 1 is 1.25 bits per heavy atom. The SMILES string of the molecule is CCC(C)N1CCN(c2cc(C(F)(F)F)ccn2)CC1. The van der Waals surface area contributed by atoms with Crippen LogP contribution in [0, 0.1) is 0 Å². The van der Waals surface area contributed by atoms with Crippen molar-refractivity contribution in [2.45, 2.75) is 32.5 Å². The highest BCUT2D eigenvalue weighted by molar-refractivity contribution is 5.42. The number of rotatable bonds is 3. The second-order valence-corrected chi connectivity index (χ2v) is 5.18. The Bertz CT molecular complexity index is 440. The van der Waals surface area contributed by atoms with E-state index in [1.165, 1.54) is 6.20 Å². The van der Waals surface area contributed by atoms with Gasteiger partial charge in [0, 0.05) is 38.4 Å². The molecule has 1 fully saturated rings. The number of anilines is 1. The Hall–Kier alpha value is -1.30. The van der Waals surface area contributed by atoms with E-state index < -0.39 is 11.7 Å². The fourth-order valence-corrected chi connectivity index (χ4v) is 2.42. The van der Waals surface area contributed by atoms with E-state index in [9.17, 15) is 13.2 Å². The molecule has 0 aromatic carbocycles. The second kappa shape index (κ2) is 5.99. The average molecular weight is 287 g/mol. The minimum Gasteiger partial charge on any atom is -0.354 e. The smallest absolute Gasteiger partial charge is 0.354 e. The summed E-state index contributed by atoms with van der Waals surface area (Å²) in [7, 11) is 0. The van der Waals surface area contributed by atoms with Crippen LogP contribution in [-0.2, 0) is 6.18 Å². The summed E-state index contributed by atoms with van der Waals surface area (Å²) >= 11 is 0. The van der Waals surface area contributed by atoms with Crippen LogP contribution in [0.1, 0.15) is 25.8 Å². The highest BCUT2D eigenvalue weighted by Gasteiger charge is 2.31. The van der Waals surface area contributed by atoms with Crippen LogP contribution < -0.4 is 4.90 Å². The van der Waals surface area contributed by atoms with Crippen LogP contribution in [0.3, 0.4) is 0 Å². The molecule has 1 aromatic rings. The van der Waals surface area contributed by atoms with Crippen molar-refractivity contribution in [2.24, 2.45) is 0 Å². The van der Waals surface area contributed by atoms with Crippen LogP contribution in [0.5, 0.6) is 0 Å². The van der Waals surface area contributed by atoms with Crippen LogP contribution >= 0.6 is 0 Å². The molecule has 0 spiro atoms. The first-order valence-electron chi connectivity index (χ1n) is 6.94. The maximum atomic E-state index is 12.7. The topological polar surface area (TPSA) is 19.4 Å². The lowest BCUT2D eigenvalue weighted by atomic mass is 10.2. The van der Waals surface area contributed by atoms with Gasteiger partial charge in [-0.2, -0.15) is 13.2 Å². The molecule has 0 bridgehead atoms. The predicted octanol–water partition coefficient (Wildman–Crippen LogP) is 3.02. The van der Waals surface area contributed by atoms with E-state index in [2.05, 4.69) is 23.7 Å². The Morgan fingerprint density at radius 3 is 2.45 bits per heavy atom. The minimum absolute atomic E-state index is 0.420. The monoisotopic (exact) mass is 287 g/mol. The van der Waals surface area contributed by atoms with Gasteiger partial charge in [0.05, 0.1) is 5.56 Å². The summed E-state index contributed by atoms with van der Waals surface area (Å²) in [6.45, 7) is 7.50. The van der Waals surface area contributed by atoms with Crippen LogP contribution in [0.4, 0.5) is 19.0 Å². The van der Waals surface area contributed by atoms with Crippen molar-refractivity contribution in [2.75, 3.05) is 31.1 Å². The van der Waals surface area contributed by atoms with Crippen molar-refractivity contribution in [3.63, 3.8) is 0 Å². The van der Waals surface area contributed by atoms with Gasteiger partial charge in [-0.1, -0.05) is 6.92 Å². The number of nitrogens with zero attached hydrogens (tertiary/aromatic N) is 3. The van der Waals surface area contributed by atoms with Gasteiger partial charge in [-0.05, 0) is 25.5 Å². The van der Waals surface area contributed by atoms with Crippen LogP contribution in [0.25, 0.3) is 0 Å². The summed E-state index contributed by atoms with van der Waals surface area (Å²) in [6.07, 6.45) is -1.99. The lowest BCUT2D eigenvalue weighted by Crippen LogP contribution is -2.49. The molecule has 6 heteroatoms. The largest absolute Gasteiger partial charge is 0.416 e. The third kappa shape index (κ3) is 3.42. The molecule has 0 aliphatic carbocycles. The molecule has 0 amide bonds. The van der Waals surface area contributed by atoms with Crippen molar-refractivity contribution in [1.29, 1.82) is 0 Å². The Balaban J connectivity index is 2.04. The molecule has 0 N–H and O–H groups in total. The molecular formula is C14H20F3N3. The first kappa shape index (κ1) is 15.1. The summed E-state index contributed by atoms with van der Waals surface area (Å²) in [4.78, 5) is 8.36. The average Bonchev–Trinajstić information content (AvgIpc) is 2.46. The van der Waals surface area contributed by atoms with Gasteiger partial charge in [-0.15, -0.1) is 0 Å². The summed E-state index contributed by atoms with van der Waals surface area (Å²) in [6, 6.07) is 2.67. The lowest BCUT2D eigenvalue weighted by Gasteiger charge is -2.38. The number of pyridine rings is 1. The van der Waals surface area contributed by atoms with Crippen molar-refractivity contribution in [1.82, 2.24) is 9.88 Å². The van der Waals surface area contributed by atoms with Crippen molar-refractivity contribution >= 4 is 5.82 Å².